The Hall–Kier alpha value is -0.490. The molecule has 0 aromatic heterocycles. The maximum Gasteiger partial charge on any atom is 0.431 e. The molecule has 0 aliphatic heterocycles. The zero-order chi connectivity index (χ0) is 15.2. The van der Waals surface area contributed by atoms with Crippen LogP contribution in [0.3, 0.4) is 0 Å². The first kappa shape index (κ1) is 15.9. The van der Waals surface area contributed by atoms with Crippen LogP contribution in [0.2, 0.25) is 0 Å². The van der Waals surface area contributed by atoms with Gasteiger partial charge in [-0.15, -0.1) is 0 Å². The Morgan fingerprint density at radius 2 is 1.10 bits per heavy atom. The van der Waals surface area contributed by atoms with Crippen LogP contribution in [-0.4, -0.2) is 18.0 Å². The van der Waals surface area contributed by atoms with E-state index in [-0.39, 0.29) is 25.2 Å². The summed E-state index contributed by atoms with van der Waals surface area (Å²) in [4.78, 5) is 0. The largest absolute Gasteiger partial charge is 0.431 e. The molecular formula is C13H17F7. The van der Waals surface area contributed by atoms with Crippen LogP contribution in [0.1, 0.15) is 44.9 Å². The highest BCUT2D eigenvalue weighted by atomic mass is 19.4. The van der Waals surface area contributed by atoms with E-state index in [4.69, 9.17) is 0 Å². The molecular weight excluding hydrogens is 289 g/mol. The zero-order valence-corrected chi connectivity index (χ0v) is 10.8. The Balaban J connectivity index is 2.38. The quantitative estimate of drug-likeness (QED) is 0.567. The van der Waals surface area contributed by atoms with Crippen LogP contribution in [0.5, 0.6) is 0 Å². The van der Waals surface area contributed by atoms with Crippen molar-refractivity contribution in [1.82, 2.24) is 0 Å². The molecule has 0 heterocycles. The maximum atomic E-state index is 14.2. The minimum Gasteiger partial charge on any atom is -0.223 e. The zero-order valence-electron chi connectivity index (χ0n) is 10.8. The molecule has 2 aliphatic carbocycles. The van der Waals surface area contributed by atoms with Crippen molar-refractivity contribution in [3.8, 4) is 0 Å². The fourth-order valence-electron chi connectivity index (χ4n) is 4.01. The van der Waals surface area contributed by atoms with Crippen molar-refractivity contribution in [2.24, 2.45) is 17.8 Å². The van der Waals surface area contributed by atoms with Gasteiger partial charge < -0.3 is 0 Å². The molecule has 0 spiro atoms. The van der Waals surface area contributed by atoms with Crippen LogP contribution in [0.4, 0.5) is 30.7 Å². The van der Waals surface area contributed by atoms with E-state index in [9.17, 15) is 30.7 Å². The lowest BCUT2D eigenvalue weighted by Crippen LogP contribution is -2.61. The molecule has 3 atom stereocenters. The van der Waals surface area contributed by atoms with Gasteiger partial charge in [0.05, 0.1) is 0 Å². The van der Waals surface area contributed by atoms with E-state index in [1.807, 2.05) is 0 Å². The van der Waals surface area contributed by atoms with E-state index in [0.717, 1.165) is 6.42 Å². The lowest BCUT2D eigenvalue weighted by molar-refractivity contribution is -0.366. The Labute approximate surface area is 112 Å². The highest BCUT2D eigenvalue weighted by Crippen LogP contribution is 2.58. The van der Waals surface area contributed by atoms with Gasteiger partial charge in [0.25, 0.3) is 0 Å². The minimum absolute atomic E-state index is 0.192. The van der Waals surface area contributed by atoms with E-state index < -0.39 is 29.9 Å². The highest BCUT2D eigenvalue weighted by molar-refractivity contribution is 5.04. The van der Waals surface area contributed by atoms with Crippen molar-refractivity contribution >= 4 is 0 Å². The highest BCUT2D eigenvalue weighted by Gasteiger charge is 2.76. The second-order valence-corrected chi connectivity index (χ2v) is 5.95. The van der Waals surface area contributed by atoms with Crippen LogP contribution in [0, 0.1) is 17.8 Å². The van der Waals surface area contributed by atoms with E-state index in [0.29, 0.717) is 19.3 Å². The molecule has 2 fully saturated rings. The second kappa shape index (κ2) is 5.05. The number of fused-ring (bicyclic) bond motifs is 1. The van der Waals surface area contributed by atoms with Crippen molar-refractivity contribution < 1.29 is 30.7 Å². The third-order valence-corrected chi connectivity index (χ3v) is 4.91. The van der Waals surface area contributed by atoms with Crippen molar-refractivity contribution in [2.45, 2.75) is 63.0 Å². The first-order valence-electron chi connectivity index (χ1n) is 6.91. The van der Waals surface area contributed by atoms with E-state index in [1.165, 1.54) is 0 Å². The molecule has 2 aliphatic rings. The molecule has 0 N–H and O–H groups in total. The van der Waals surface area contributed by atoms with Crippen molar-refractivity contribution in [3.63, 3.8) is 0 Å². The maximum absolute atomic E-state index is 14.2. The summed E-state index contributed by atoms with van der Waals surface area (Å²) in [5, 5.41) is 0. The Morgan fingerprint density at radius 1 is 0.600 bits per heavy atom. The Bertz CT molecular complexity index is 328. The molecule has 0 bridgehead atoms. The third-order valence-electron chi connectivity index (χ3n) is 4.91. The monoisotopic (exact) mass is 306 g/mol. The first-order chi connectivity index (χ1) is 9.09. The molecule has 2 rings (SSSR count). The normalized spacial score (nSPS) is 32.9. The second-order valence-electron chi connectivity index (χ2n) is 5.95. The lowest BCUT2D eigenvalue weighted by Gasteiger charge is -2.47. The average molecular weight is 306 g/mol. The van der Waals surface area contributed by atoms with Gasteiger partial charge in [-0.3, -0.25) is 0 Å². The number of rotatable bonds is 1. The van der Waals surface area contributed by atoms with Crippen molar-refractivity contribution in [2.75, 3.05) is 0 Å². The SMILES string of the molecule is FC(F)(F)C(F)(C1CCCC2CCCCC21)C(F)(F)F. The Kier molecular flexibility index (Phi) is 4.02. The van der Waals surface area contributed by atoms with E-state index >= 15 is 0 Å². The number of hydrogen-bond donors (Lipinski definition) is 0. The third kappa shape index (κ3) is 2.41. The van der Waals surface area contributed by atoms with Crippen LogP contribution in [-0.2, 0) is 0 Å². The molecule has 2 saturated carbocycles. The van der Waals surface area contributed by atoms with Crippen molar-refractivity contribution in [3.05, 3.63) is 0 Å². The van der Waals surface area contributed by atoms with E-state index in [1.54, 1.807) is 0 Å². The standard InChI is InChI=1S/C13H17F7/c14-11(12(15,16)17,13(18,19)20)10-7-3-5-8-4-1-2-6-9(8)10/h8-10H,1-7H2. The van der Waals surface area contributed by atoms with Gasteiger partial charge in [-0.05, 0) is 24.7 Å². The lowest BCUT2D eigenvalue weighted by atomic mass is 9.61. The van der Waals surface area contributed by atoms with E-state index in [2.05, 4.69) is 0 Å². The smallest absolute Gasteiger partial charge is 0.223 e. The van der Waals surface area contributed by atoms with Gasteiger partial charge in [0, 0.05) is 5.92 Å². The molecule has 0 amide bonds. The summed E-state index contributed by atoms with van der Waals surface area (Å²) in [5.74, 6) is -2.98. The fourth-order valence-corrected chi connectivity index (χ4v) is 4.01. The number of halogens is 7. The molecule has 0 aromatic carbocycles. The predicted octanol–water partition coefficient (Wildman–Crippen LogP) is 5.43. The Morgan fingerprint density at radius 3 is 1.65 bits per heavy atom. The molecule has 0 aromatic rings. The first-order valence-corrected chi connectivity index (χ1v) is 6.91. The molecule has 0 radical (unpaired) electrons. The summed E-state index contributed by atoms with van der Waals surface area (Å²) < 4.78 is 91.3. The summed E-state index contributed by atoms with van der Waals surface area (Å²) >= 11 is 0. The summed E-state index contributed by atoms with van der Waals surface area (Å²) in [5.41, 5.74) is -5.07. The molecule has 0 saturated heterocycles. The summed E-state index contributed by atoms with van der Waals surface area (Å²) in [7, 11) is 0. The van der Waals surface area contributed by atoms with Crippen LogP contribution in [0.15, 0.2) is 0 Å². The van der Waals surface area contributed by atoms with Gasteiger partial charge in [0.15, 0.2) is 0 Å². The molecule has 20 heavy (non-hydrogen) atoms. The molecule has 7 heteroatoms. The summed E-state index contributed by atoms with van der Waals surface area (Å²) in [6.45, 7) is 0. The summed E-state index contributed by atoms with van der Waals surface area (Å²) in [6, 6.07) is 0. The van der Waals surface area contributed by atoms with Crippen LogP contribution < -0.4 is 0 Å². The van der Waals surface area contributed by atoms with Gasteiger partial charge >= 0.3 is 18.0 Å². The predicted molar refractivity (Wildman–Crippen MR) is 58.7 cm³/mol. The topological polar surface area (TPSA) is 0 Å². The number of hydrogen-bond acceptors (Lipinski definition) is 0. The van der Waals surface area contributed by atoms with Gasteiger partial charge in [-0.2, -0.15) is 26.3 Å². The van der Waals surface area contributed by atoms with Gasteiger partial charge in [-0.25, -0.2) is 4.39 Å². The molecule has 0 nitrogen and oxygen atoms in total. The minimum atomic E-state index is -5.91. The summed E-state index contributed by atoms with van der Waals surface area (Å²) in [6.07, 6.45) is -9.01. The van der Waals surface area contributed by atoms with Crippen LogP contribution in [0.25, 0.3) is 0 Å². The fraction of sp³-hybridized carbons (Fsp3) is 1.00. The van der Waals surface area contributed by atoms with Gasteiger partial charge in [0.2, 0.25) is 0 Å². The van der Waals surface area contributed by atoms with Crippen LogP contribution >= 0.6 is 0 Å². The average Bonchev–Trinajstić information content (AvgIpc) is 2.34. The molecule has 118 valence electrons. The molecule has 3 unspecified atom stereocenters. The number of alkyl halides is 7. The van der Waals surface area contributed by atoms with Crippen molar-refractivity contribution in [1.29, 1.82) is 0 Å². The van der Waals surface area contributed by atoms with Gasteiger partial charge in [-0.1, -0.05) is 32.1 Å². The van der Waals surface area contributed by atoms with Gasteiger partial charge in [0.1, 0.15) is 0 Å².